The third-order valence-corrected chi connectivity index (χ3v) is 3.09. The number of carbonyl (C=O) groups excluding carboxylic acids is 2. The smallest absolute Gasteiger partial charge is 0.342 e. The monoisotopic (exact) mass is 295 g/mol. The number of rotatable bonds is 5. The van der Waals surface area contributed by atoms with E-state index in [2.05, 4.69) is 5.32 Å². The highest BCUT2D eigenvalue weighted by atomic mass is 16.5. The molecule has 1 heterocycles. The van der Waals surface area contributed by atoms with Gasteiger partial charge in [0.2, 0.25) is 0 Å². The van der Waals surface area contributed by atoms with E-state index in [0.29, 0.717) is 13.2 Å². The van der Waals surface area contributed by atoms with E-state index in [1.54, 1.807) is 0 Å². The fourth-order valence-corrected chi connectivity index (χ4v) is 1.99. The maximum absolute atomic E-state index is 11.7. The van der Waals surface area contributed by atoms with Crippen molar-refractivity contribution >= 4 is 11.9 Å². The van der Waals surface area contributed by atoms with Gasteiger partial charge in [-0.25, -0.2) is 4.79 Å². The molecule has 1 fully saturated rings. The Bertz CT molecular complexity index is 524. The quantitative estimate of drug-likeness (QED) is 0.685. The van der Waals surface area contributed by atoms with Crippen LogP contribution in [0.3, 0.4) is 0 Å². The van der Waals surface area contributed by atoms with Crippen molar-refractivity contribution in [2.24, 2.45) is 0 Å². The predicted octanol–water partition coefficient (Wildman–Crippen LogP) is 0.550. The topological polar surface area (TPSA) is 105 Å². The van der Waals surface area contributed by atoms with Gasteiger partial charge < -0.3 is 25.0 Å². The minimum absolute atomic E-state index is 0.0193. The molecule has 7 nitrogen and oxygen atoms in total. The van der Waals surface area contributed by atoms with Crippen molar-refractivity contribution in [1.29, 1.82) is 0 Å². The lowest BCUT2D eigenvalue weighted by atomic mass is 10.2. The van der Waals surface area contributed by atoms with Gasteiger partial charge in [-0.2, -0.15) is 0 Å². The summed E-state index contributed by atoms with van der Waals surface area (Å²) in [6.07, 6.45) is 1.91. The normalized spacial score (nSPS) is 17.4. The predicted molar refractivity (Wildman–Crippen MR) is 72.0 cm³/mol. The summed E-state index contributed by atoms with van der Waals surface area (Å²) < 4.78 is 10.1. The number of hydrogen-bond donors (Lipinski definition) is 3. The zero-order valence-electron chi connectivity index (χ0n) is 11.4. The Kier molecular flexibility index (Phi) is 4.99. The van der Waals surface area contributed by atoms with E-state index in [9.17, 15) is 14.7 Å². The first-order chi connectivity index (χ1) is 10.1. The molecule has 1 aromatic rings. The van der Waals surface area contributed by atoms with Crippen molar-refractivity contribution < 1.29 is 29.3 Å². The number of hydrogen-bond acceptors (Lipinski definition) is 6. The number of amides is 1. The largest absolute Gasteiger partial charge is 0.508 e. The lowest BCUT2D eigenvalue weighted by molar-refractivity contribution is -0.124. The van der Waals surface area contributed by atoms with Crippen LogP contribution in [-0.4, -0.2) is 48.0 Å². The maximum atomic E-state index is 11.7. The number of nitrogens with one attached hydrogen (secondary N) is 1. The van der Waals surface area contributed by atoms with E-state index in [1.807, 2.05) is 0 Å². The number of phenols is 2. The van der Waals surface area contributed by atoms with E-state index in [4.69, 9.17) is 14.6 Å². The molecule has 0 aliphatic carbocycles. The Hall–Kier alpha value is -2.28. The van der Waals surface area contributed by atoms with Gasteiger partial charge in [-0.3, -0.25) is 4.79 Å². The minimum atomic E-state index is -0.834. The standard InChI is InChI=1S/C14H17NO6/c16-9-3-4-11(12(17)6-9)14(19)21-8-13(18)15-7-10-2-1-5-20-10/h3-4,6,10,16-17H,1-2,5,7-8H2,(H,15,18). The van der Waals surface area contributed by atoms with Gasteiger partial charge in [0.15, 0.2) is 6.61 Å². The Morgan fingerprint density at radius 3 is 2.86 bits per heavy atom. The molecule has 0 saturated carbocycles. The van der Waals surface area contributed by atoms with Crippen molar-refractivity contribution in [1.82, 2.24) is 5.32 Å². The first kappa shape index (κ1) is 15.1. The van der Waals surface area contributed by atoms with Crippen LogP contribution in [0.4, 0.5) is 0 Å². The molecule has 114 valence electrons. The fraction of sp³-hybridized carbons (Fsp3) is 0.429. The van der Waals surface area contributed by atoms with Crippen LogP contribution in [0.25, 0.3) is 0 Å². The lowest BCUT2D eigenvalue weighted by Gasteiger charge is -2.11. The van der Waals surface area contributed by atoms with E-state index < -0.39 is 24.2 Å². The molecular formula is C14H17NO6. The average molecular weight is 295 g/mol. The molecule has 0 radical (unpaired) electrons. The molecule has 1 amide bonds. The van der Waals surface area contributed by atoms with Gasteiger partial charge in [0.25, 0.3) is 5.91 Å². The first-order valence-electron chi connectivity index (χ1n) is 6.63. The zero-order chi connectivity index (χ0) is 15.2. The summed E-state index contributed by atoms with van der Waals surface area (Å²) in [5.41, 5.74) is -0.111. The van der Waals surface area contributed by atoms with Crippen molar-refractivity contribution in [3.8, 4) is 11.5 Å². The highest BCUT2D eigenvalue weighted by molar-refractivity contribution is 5.94. The van der Waals surface area contributed by atoms with E-state index in [1.165, 1.54) is 12.1 Å². The van der Waals surface area contributed by atoms with E-state index in [0.717, 1.165) is 18.9 Å². The summed E-state index contributed by atoms with van der Waals surface area (Å²) in [4.78, 5) is 23.2. The number of benzene rings is 1. The van der Waals surface area contributed by atoms with Crippen LogP contribution in [0.15, 0.2) is 18.2 Å². The lowest BCUT2D eigenvalue weighted by Crippen LogP contribution is -2.34. The molecule has 21 heavy (non-hydrogen) atoms. The van der Waals surface area contributed by atoms with E-state index >= 15 is 0 Å². The summed E-state index contributed by atoms with van der Waals surface area (Å²) in [5, 5.41) is 21.2. The molecule has 1 aromatic carbocycles. The average Bonchev–Trinajstić information content (AvgIpc) is 2.95. The van der Waals surface area contributed by atoms with Crippen molar-refractivity contribution in [3.05, 3.63) is 23.8 Å². The molecule has 0 aromatic heterocycles. The van der Waals surface area contributed by atoms with Crippen LogP contribution in [0.5, 0.6) is 11.5 Å². The molecule has 1 atom stereocenters. The summed E-state index contributed by atoms with van der Waals surface area (Å²) in [7, 11) is 0. The number of esters is 1. The first-order valence-corrected chi connectivity index (χ1v) is 6.63. The van der Waals surface area contributed by atoms with Crippen molar-refractivity contribution in [2.45, 2.75) is 18.9 Å². The molecule has 7 heteroatoms. The van der Waals surface area contributed by atoms with Crippen LogP contribution >= 0.6 is 0 Å². The second-order valence-electron chi connectivity index (χ2n) is 4.72. The van der Waals surface area contributed by atoms with Crippen LogP contribution in [0.2, 0.25) is 0 Å². The summed E-state index contributed by atoms with van der Waals surface area (Å²) in [6, 6.07) is 3.49. The van der Waals surface area contributed by atoms with Crippen LogP contribution < -0.4 is 5.32 Å². The molecule has 1 unspecified atom stereocenters. The van der Waals surface area contributed by atoms with E-state index in [-0.39, 0.29) is 17.4 Å². The molecule has 3 N–H and O–H groups in total. The molecule has 0 spiro atoms. The number of ether oxygens (including phenoxy) is 2. The highest BCUT2D eigenvalue weighted by Crippen LogP contribution is 2.23. The fourth-order valence-electron chi connectivity index (χ4n) is 1.99. The summed E-state index contributed by atoms with van der Waals surface area (Å²) in [5.74, 6) is -1.84. The third-order valence-electron chi connectivity index (χ3n) is 3.09. The number of carbonyl (C=O) groups is 2. The van der Waals surface area contributed by atoms with Crippen molar-refractivity contribution in [2.75, 3.05) is 19.8 Å². The van der Waals surface area contributed by atoms with Gasteiger partial charge in [-0.1, -0.05) is 0 Å². The van der Waals surface area contributed by atoms with Gasteiger partial charge in [-0.15, -0.1) is 0 Å². The third kappa shape index (κ3) is 4.35. The van der Waals surface area contributed by atoms with Gasteiger partial charge in [-0.05, 0) is 25.0 Å². The minimum Gasteiger partial charge on any atom is -0.508 e. The van der Waals surface area contributed by atoms with Crippen molar-refractivity contribution in [3.63, 3.8) is 0 Å². The Balaban J connectivity index is 1.76. The maximum Gasteiger partial charge on any atom is 0.342 e. The molecular weight excluding hydrogens is 278 g/mol. The van der Waals surface area contributed by atoms with Crippen LogP contribution in [0.1, 0.15) is 23.2 Å². The summed E-state index contributed by atoms with van der Waals surface area (Å²) >= 11 is 0. The Labute approximate surface area is 121 Å². The molecule has 1 aliphatic heterocycles. The SMILES string of the molecule is O=C(COC(=O)c1ccc(O)cc1O)NCC1CCCO1. The van der Waals surface area contributed by atoms with Gasteiger partial charge in [0.05, 0.1) is 6.10 Å². The second kappa shape index (κ2) is 6.94. The molecule has 0 bridgehead atoms. The van der Waals surface area contributed by atoms with Crippen LogP contribution in [-0.2, 0) is 14.3 Å². The number of aromatic hydroxyl groups is 2. The highest BCUT2D eigenvalue weighted by Gasteiger charge is 2.18. The van der Waals surface area contributed by atoms with Gasteiger partial charge in [0.1, 0.15) is 17.1 Å². The van der Waals surface area contributed by atoms with Crippen LogP contribution in [0, 0.1) is 0 Å². The molecule has 1 saturated heterocycles. The Morgan fingerprint density at radius 1 is 1.38 bits per heavy atom. The zero-order valence-corrected chi connectivity index (χ0v) is 11.4. The Morgan fingerprint density at radius 2 is 2.19 bits per heavy atom. The second-order valence-corrected chi connectivity index (χ2v) is 4.72. The van der Waals surface area contributed by atoms with Gasteiger partial charge in [0, 0.05) is 19.2 Å². The van der Waals surface area contributed by atoms with Gasteiger partial charge >= 0.3 is 5.97 Å². The number of phenolic OH excluding ortho intramolecular Hbond substituents is 2. The molecule has 1 aliphatic rings. The molecule has 2 rings (SSSR count). The summed E-state index contributed by atoms with van der Waals surface area (Å²) in [6.45, 7) is 0.655.